The highest BCUT2D eigenvalue weighted by Gasteiger charge is 2.37. The van der Waals surface area contributed by atoms with Crippen LogP contribution in [0.1, 0.15) is 11.4 Å². The topological polar surface area (TPSA) is 59.8 Å². The van der Waals surface area contributed by atoms with Gasteiger partial charge in [0.25, 0.3) is 0 Å². The first-order valence-electron chi connectivity index (χ1n) is 6.55. The summed E-state index contributed by atoms with van der Waals surface area (Å²) in [5.74, 6) is -2.26. The smallest absolute Gasteiger partial charge is 0.325 e. The second-order valence-corrected chi connectivity index (χ2v) is 5.72. The monoisotopic (exact) mass is 384 g/mol. The zero-order valence-electron chi connectivity index (χ0n) is 12.4. The van der Waals surface area contributed by atoms with Crippen LogP contribution in [0.2, 0.25) is 0 Å². The van der Waals surface area contributed by atoms with E-state index >= 15 is 0 Å². The van der Waals surface area contributed by atoms with Crippen molar-refractivity contribution in [3.05, 3.63) is 35.7 Å². The van der Waals surface area contributed by atoms with E-state index in [9.17, 15) is 31.1 Å². The first kappa shape index (κ1) is 19.1. The van der Waals surface area contributed by atoms with Crippen molar-refractivity contribution < 1.29 is 31.1 Å². The van der Waals surface area contributed by atoms with Crippen molar-refractivity contribution in [2.45, 2.75) is 17.5 Å². The number of benzene rings is 1. The molecule has 0 aliphatic rings. The van der Waals surface area contributed by atoms with E-state index in [1.165, 1.54) is 6.07 Å². The fourth-order valence-corrected chi connectivity index (χ4v) is 2.50. The average Bonchev–Trinajstić information content (AvgIpc) is 2.85. The Morgan fingerprint density at radius 3 is 2.40 bits per heavy atom. The number of nitrogens with one attached hydrogen (secondary N) is 1. The molecular formula is C13H10F6N4OS. The predicted molar refractivity (Wildman–Crippen MR) is 76.8 cm³/mol. The summed E-state index contributed by atoms with van der Waals surface area (Å²) in [5.41, 5.74) is -1.00. The Labute approximate surface area is 141 Å². The van der Waals surface area contributed by atoms with E-state index in [0.29, 0.717) is 16.3 Å². The summed E-state index contributed by atoms with van der Waals surface area (Å²) in [5, 5.41) is 8.43. The zero-order chi connectivity index (χ0) is 18.8. The normalized spacial score (nSPS) is 12.3. The van der Waals surface area contributed by atoms with Crippen molar-refractivity contribution in [1.82, 2.24) is 14.8 Å². The molecule has 136 valence electrons. The van der Waals surface area contributed by atoms with Crippen molar-refractivity contribution >= 4 is 23.4 Å². The number of hydrogen-bond donors (Lipinski definition) is 1. The number of carbonyl (C=O) groups excluding carboxylic acids is 1. The maximum atomic E-state index is 12.6. The van der Waals surface area contributed by atoms with Crippen LogP contribution >= 0.6 is 11.8 Å². The standard InChI is InChI=1S/C13H10F6N4OS/c1-23-10(13(17,18)19)21-22-11(23)25-6-9(24)20-8-4-2-3-7(5-8)12(14,15)16/h2-5H,6H2,1H3,(H,20,24). The summed E-state index contributed by atoms with van der Waals surface area (Å²) in [6, 6.07) is 4.00. The first-order chi connectivity index (χ1) is 11.5. The number of anilines is 1. The Bertz CT molecular complexity index is 771. The first-order valence-corrected chi connectivity index (χ1v) is 7.53. The lowest BCUT2D eigenvalue weighted by atomic mass is 10.2. The molecule has 25 heavy (non-hydrogen) atoms. The van der Waals surface area contributed by atoms with Gasteiger partial charge in [0.15, 0.2) is 5.16 Å². The number of carbonyl (C=O) groups is 1. The van der Waals surface area contributed by atoms with E-state index in [1.807, 2.05) is 0 Å². The molecule has 1 amide bonds. The summed E-state index contributed by atoms with van der Waals surface area (Å²) < 4.78 is 76.2. The molecular weight excluding hydrogens is 374 g/mol. The lowest BCUT2D eigenvalue weighted by molar-refractivity contribution is -0.147. The van der Waals surface area contributed by atoms with Crippen molar-refractivity contribution in [3.8, 4) is 0 Å². The van der Waals surface area contributed by atoms with E-state index in [1.54, 1.807) is 0 Å². The van der Waals surface area contributed by atoms with Crippen LogP contribution in [0.15, 0.2) is 29.4 Å². The summed E-state index contributed by atoms with van der Waals surface area (Å²) in [6.45, 7) is 0. The third-order valence-electron chi connectivity index (χ3n) is 2.89. The Morgan fingerprint density at radius 1 is 1.16 bits per heavy atom. The van der Waals surface area contributed by atoms with E-state index in [2.05, 4.69) is 15.5 Å². The van der Waals surface area contributed by atoms with Gasteiger partial charge in [-0.05, 0) is 18.2 Å². The molecule has 5 nitrogen and oxygen atoms in total. The Morgan fingerprint density at radius 2 is 1.84 bits per heavy atom. The maximum absolute atomic E-state index is 12.6. The fraction of sp³-hybridized carbons (Fsp3) is 0.308. The van der Waals surface area contributed by atoms with Crippen LogP contribution in [0, 0.1) is 0 Å². The molecule has 1 N–H and O–H groups in total. The number of thioether (sulfide) groups is 1. The maximum Gasteiger partial charge on any atom is 0.451 e. The van der Waals surface area contributed by atoms with Crippen LogP contribution in [0.5, 0.6) is 0 Å². The molecule has 0 saturated heterocycles. The van der Waals surface area contributed by atoms with Crippen LogP contribution in [0.25, 0.3) is 0 Å². The minimum atomic E-state index is -4.68. The van der Waals surface area contributed by atoms with Crippen LogP contribution in [-0.2, 0) is 24.2 Å². The van der Waals surface area contributed by atoms with Crippen molar-refractivity contribution in [3.63, 3.8) is 0 Å². The zero-order valence-corrected chi connectivity index (χ0v) is 13.3. The van der Waals surface area contributed by atoms with Gasteiger partial charge >= 0.3 is 12.4 Å². The highest BCUT2D eigenvalue weighted by Crippen LogP contribution is 2.31. The second-order valence-electron chi connectivity index (χ2n) is 4.78. The molecule has 0 atom stereocenters. The van der Waals surface area contributed by atoms with E-state index in [-0.39, 0.29) is 16.6 Å². The summed E-state index contributed by atoms with van der Waals surface area (Å²) in [4.78, 5) is 11.8. The predicted octanol–water partition coefficient (Wildman–Crippen LogP) is 3.58. The number of hydrogen-bond acceptors (Lipinski definition) is 4. The molecule has 1 heterocycles. The molecule has 0 unspecified atom stereocenters. The summed E-state index contributed by atoms with van der Waals surface area (Å²) >= 11 is 0.676. The lowest BCUT2D eigenvalue weighted by Gasteiger charge is -2.10. The van der Waals surface area contributed by atoms with Gasteiger partial charge in [0.1, 0.15) is 0 Å². The van der Waals surface area contributed by atoms with E-state index in [0.717, 1.165) is 25.2 Å². The number of aromatic nitrogens is 3. The molecule has 1 aromatic carbocycles. The van der Waals surface area contributed by atoms with Gasteiger partial charge < -0.3 is 9.88 Å². The lowest BCUT2D eigenvalue weighted by Crippen LogP contribution is -2.16. The van der Waals surface area contributed by atoms with Gasteiger partial charge in [-0.25, -0.2) is 0 Å². The molecule has 0 aliphatic heterocycles. The molecule has 0 bridgehead atoms. The minimum Gasteiger partial charge on any atom is -0.325 e. The minimum absolute atomic E-state index is 0.0747. The molecule has 0 radical (unpaired) electrons. The van der Waals surface area contributed by atoms with Crippen molar-refractivity contribution in [2.75, 3.05) is 11.1 Å². The Hall–Kier alpha value is -2.24. The molecule has 0 saturated carbocycles. The molecule has 12 heteroatoms. The van der Waals surface area contributed by atoms with Crippen molar-refractivity contribution in [1.29, 1.82) is 0 Å². The van der Waals surface area contributed by atoms with E-state index < -0.39 is 29.6 Å². The van der Waals surface area contributed by atoms with Gasteiger partial charge in [0.05, 0.1) is 11.3 Å². The summed E-state index contributed by atoms with van der Waals surface area (Å²) in [7, 11) is 1.09. The van der Waals surface area contributed by atoms with Crippen LogP contribution < -0.4 is 5.32 Å². The van der Waals surface area contributed by atoms with Crippen LogP contribution in [0.3, 0.4) is 0 Å². The summed E-state index contributed by atoms with van der Waals surface area (Å²) in [6.07, 6.45) is -9.23. The molecule has 0 spiro atoms. The molecule has 1 aromatic heterocycles. The van der Waals surface area contributed by atoms with E-state index in [4.69, 9.17) is 0 Å². The average molecular weight is 384 g/mol. The Balaban J connectivity index is 1.99. The largest absolute Gasteiger partial charge is 0.451 e. The van der Waals surface area contributed by atoms with Gasteiger partial charge in [-0.15, -0.1) is 10.2 Å². The highest BCUT2D eigenvalue weighted by molar-refractivity contribution is 7.99. The number of halogens is 6. The van der Waals surface area contributed by atoms with Crippen molar-refractivity contribution in [2.24, 2.45) is 7.05 Å². The highest BCUT2D eigenvalue weighted by atomic mass is 32.2. The number of amides is 1. The molecule has 0 aliphatic carbocycles. The van der Waals surface area contributed by atoms with Crippen LogP contribution in [0.4, 0.5) is 32.0 Å². The van der Waals surface area contributed by atoms with Gasteiger partial charge in [-0.1, -0.05) is 17.8 Å². The van der Waals surface area contributed by atoms with Crippen LogP contribution in [-0.4, -0.2) is 26.4 Å². The quantitative estimate of drug-likeness (QED) is 0.647. The number of nitrogens with zero attached hydrogens (tertiary/aromatic N) is 3. The Kier molecular flexibility index (Phi) is 5.30. The molecule has 0 fully saturated rings. The number of alkyl halides is 6. The van der Waals surface area contributed by atoms with Gasteiger partial charge in [-0.3, -0.25) is 4.79 Å². The van der Waals surface area contributed by atoms with Gasteiger partial charge in [0, 0.05) is 12.7 Å². The SMILES string of the molecule is Cn1c(SCC(=O)Nc2cccc(C(F)(F)F)c2)nnc1C(F)(F)F. The van der Waals surface area contributed by atoms with Gasteiger partial charge in [-0.2, -0.15) is 26.3 Å². The van der Waals surface area contributed by atoms with Gasteiger partial charge in [0.2, 0.25) is 11.7 Å². The third kappa shape index (κ3) is 4.87. The molecule has 2 rings (SSSR count). The molecule has 2 aromatic rings. The fourth-order valence-electron chi connectivity index (χ4n) is 1.79. The number of rotatable bonds is 4. The second kappa shape index (κ2) is 6.94. The third-order valence-corrected chi connectivity index (χ3v) is 3.91.